The molecule has 1 aliphatic heterocycles. The molecule has 5 nitrogen and oxygen atoms in total. The van der Waals surface area contributed by atoms with Crippen LogP contribution < -0.4 is 10.0 Å². The molecule has 19 heavy (non-hydrogen) atoms. The number of nitrogens with one attached hydrogen (secondary N) is 3. The van der Waals surface area contributed by atoms with E-state index in [0.717, 1.165) is 36.6 Å². The third-order valence-corrected chi connectivity index (χ3v) is 5.79. The Labute approximate surface area is 119 Å². The number of rotatable bonds is 6. The van der Waals surface area contributed by atoms with Gasteiger partial charge in [0.25, 0.3) is 0 Å². The van der Waals surface area contributed by atoms with Gasteiger partial charge in [-0.05, 0) is 31.2 Å². The lowest BCUT2D eigenvalue weighted by molar-refractivity contribution is 0.543. The number of sulfonamides is 1. The highest BCUT2D eigenvalue weighted by Gasteiger charge is 2.22. The van der Waals surface area contributed by atoms with Crippen molar-refractivity contribution in [1.29, 1.82) is 0 Å². The van der Waals surface area contributed by atoms with E-state index in [0.29, 0.717) is 11.4 Å². The molecule has 1 saturated heterocycles. The number of hydrogen-bond donors (Lipinski definition) is 3. The summed E-state index contributed by atoms with van der Waals surface area (Å²) in [5, 5.41) is 3.16. The lowest BCUT2D eigenvalue weighted by atomic mass is 10.2. The van der Waals surface area contributed by atoms with Crippen LogP contribution in [-0.2, 0) is 16.6 Å². The molecule has 2 rings (SSSR count). The van der Waals surface area contributed by atoms with Crippen LogP contribution in [0.3, 0.4) is 0 Å². The highest BCUT2D eigenvalue weighted by Crippen LogP contribution is 2.19. The number of aromatic amines is 1. The number of hydrogen-bond acceptors (Lipinski definition) is 4. The molecule has 1 atom stereocenters. The minimum absolute atomic E-state index is 0.0656. The molecular formula is C12H21N3O2S2. The van der Waals surface area contributed by atoms with E-state index in [-0.39, 0.29) is 6.04 Å². The monoisotopic (exact) mass is 303 g/mol. The first-order valence-corrected chi connectivity index (χ1v) is 9.23. The summed E-state index contributed by atoms with van der Waals surface area (Å²) in [6.07, 6.45) is 3.57. The van der Waals surface area contributed by atoms with Gasteiger partial charge < -0.3 is 10.3 Å². The van der Waals surface area contributed by atoms with Gasteiger partial charge in [-0.2, -0.15) is 11.8 Å². The van der Waals surface area contributed by atoms with Crippen molar-refractivity contribution in [3.63, 3.8) is 0 Å². The first kappa shape index (κ1) is 14.9. The van der Waals surface area contributed by atoms with Crippen molar-refractivity contribution in [3.8, 4) is 0 Å². The van der Waals surface area contributed by atoms with Crippen molar-refractivity contribution >= 4 is 21.8 Å². The maximum Gasteiger partial charge on any atom is 0.242 e. The fourth-order valence-electron chi connectivity index (χ4n) is 2.06. The molecule has 1 fully saturated rings. The van der Waals surface area contributed by atoms with Crippen LogP contribution >= 0.6 is 11.8 Å². The van der Waals surface area contributed by atoms with Crippen molar-refractivity contribution < 1.29 is 8.42 Å². The van der Waals surface area contributed by atoms with Crippen LogP contribution in [0.4, 0.5) is 0 Å². The fourth-order valence-corrected chi connectivity index (χ4v) is 4.52. The molecule has 3 N–H and O–H groups in total. The van der Waals surface area contributed by atoms with Gasteiger partial charge in [0.1, 0.15) is 0 Å². The molecule has 1 unspecified atom stereocenters. The van der Waals surface area contributed by atoms with E-state index in [9.17, 15) is 8.42 Å². The van der Waals surface area contributed by atoms with Gasteiger partial charge in [0.15, 0.2) is 0 Å². The van der Waals surface area contributed by atoms with E-state index in [2.05, 4.69) is 15.0 Å². The van der Waals surface area contributed by atoms with Crippen molar-refractivity contribution in [1.82, 2.24) is 15.0 Å². The van der Waals surface area contributed by atoms with Crippen LogP contribution in [0.2, 0.25) is 0 Å². The molecule has 0 aromatic carbocycles. The largest absolute Gasteiger partial charge is 0.363 e. The van der Waals surface area contributed by atoms with E-state index < -0.39 is 10.0 Å². The number of H-pyrrole nitrogens is 1. The molecule has 0 radical (unpaired) electrons. The molecule has 1 aromatic rings. The highest BCUT2D eigenvalue weighted by molar-refractivity contribution is 7.99. The SMILES string of the molecule is CCNCc1cc(S(=O)(=O)NC2CCCSC2)c[nH]1. The summed E-state index contributed by atoms with van der Waals surface area (Å²) >= 11 is 1.81. The summed E-state index contributed by atoms with van der Waals surface area (Å²) < 4.78 is 27.2. The first-order chi connectivity index (χ1) is 9.12. The quantitative estimate of drug-likeness (QED) is 0.740. The van der Waals surface area contributed by atoms with E-state index >= 15 is 0 Å². The highest BCUT2D eigenvalue weighted by atomic mass is 32.2. The van der Waals surface area contributed by atoms with Crippen LogP contribution in [0, 0.1) is 0 Å². The maximum atomic E-state index is 12.2. The Hall–Kier alpha value is -0.500. The zero-order valence-corrected chi connectivity index (χ0v) is 12.7. The van der Waals surface area contributed by atoms with Crippen molar-refractivity contribution in [2.75, 3.05) is 18.1 Å². The van der Waals surface area contributed by atoms with Crippen LogP contribution in [0.25, 0.3) is 0 Å². The molecule has 108 valence electrons. The second-order valence-corrected chi connectivity index (χ2v) is 7.54. The average Bonchev–Trinajstić information content (AvgIpc) is 2.86. The van der Waals surface area contributed by atoms with E-state index in [1.54, 1.807) is 12.3 Å². The molecule has 0 spiro atoms. The summed E-state index contributed by atoms with van der Waals surface area (Å²) in [7, 11) is -3.39. The predicted octanol–water partition coefficient (Wildman–Crippen LogP) is 1.30. The Morgan fingerprint density at radius 1 is 1.53 bits per heavy atom. The van der Waals surface area contributed by atoms with E-state index in [1.165, 1.54) is 0 Å². The smallest absolute Gasteiger partial charge is 0.242 e. The third-order valence-electron chi connectivity index (χ3n) is 3.07. The molecule has 2 heterocycles. The molecule has 0 aliphatic carbocycles. The van der Waals surface area contributed by atoms with E-state index in [1.807, 2.05) is 18.7 Å². The zero-order valence-electron chi connectivity index (χ0n) is 11.1. The van der Waals surface area contributed by atoms with Gasteiger partial charge in [-0.25, -0.2) is 13.1 Å². The Bertz CT molecular complexity index is 493. The fraction of sp³-hybridized carbons (Fsp3) is 0.667. The summed E-state index contributed by atoms with van der Waals surface area (Å²) in [5.74, 6) is 2.00. The first-order valence-electron chi connectivity index (χ1n) is 6.60. The lowest BCUT2D eigenvalue weighted by Crippen LogP contribution is -2.38. The van der Waals surface area contributed by atoms with Gasteiger partial charge in [-0.3, -0.25) is 0 Å². The van der Waals surface area contributed by atoms with Crippen molar-refractivity contribution in [3.05, 3.63) is 18.0 Å². The van der Waals surface area contributed by atoms with Crippen molar-refractivity contribution in [2.45, 2.75) is 37.2 Å². The third kappa shape index (κ3) is 4.24. The molecule has 1 aliphatic rings. The Morgan fingerprint density at radius 2 is 2.37 bits per heavy atom. The number of aromatic nitrogens is 1. The molecule has 0 bridgehead atoms. The number of thioether (sulfide) groups is 1. The van der Waals surface area contributed by atoms with Gasteiger partial charge in [0.2, 0.25) is 10.0 Å². The maximum absolute atomic E-state index is 12.2. The average molecular weight is 303 g/mol. The second-order valence-electron chi connectivity index (χ2n) is 4.68. The van der Waals surface area contributed by atoms with Crippen LogP contribution in [0.15, 0.2) is 17.2 Å². The van der Waals surface area contributed by atoms with Gasteiger partial charge in [-0.1, -0.05) is 6.92 Å². The molecule has 0 amide bonds. The topological polar surface area (TPSA) is 74.0 Å². The minimum Gasteiger partial charge on any atom is -0.363 e. The van der Waals surface area contributed by atoms with Gasteiger partial charge in [0.05, 0.1) is 4.90 Å². The minimum atomic E-state index is -3.39. The van der Waals surface area contributed by atoms with Gasteiger partial charge in [-0.15, -0.1) is 0 Å². The van der Waals surface area contributed by atoms with Crippen LogP contribution in [-0.4, -0.2) is 37.5 Å². The molecule has 7 heteroatoms. The summed E-state index contributed by atoms with van der Waals surface area (Å²) in [6.45, 7) is 3.53. The van der Waals surface area contributed by atoms with Gasteiger partial charge >= 0.3 is 0 Å². The molecular weight excluding hydrogens is 282 g/mol. The van der Waals surface area contributed by atoms with Gasteiger partial charge in [0, 0.05) is 30.2 Å². The predicted molar refractivity (Wildman–Crippen MR) is 78.8 cm³/mol. The standard InChI is InChI=1S/C12H21N3O2S2/c1-2-13-7-11-6-12(8-14-11)19(16,17)15-10-4-3-5-18-9-10/h6,8,10,13-15H,2-5,7,9H2,1H3. The summed E-state index contributed by atoms with van der Waals surface area (Å²) in [4.78, 5) is 3.33. The molecule has 0 saturated carbocycles. The Morgan fingerprint density at radius 3 is 3.05 bits per heavy atom. The Balaban J connectivity index is 1.99. The normalized spacial score (nSPS) is 20.6. The molecule has 1 aromatic heterocycles. The summed E-state index contributed by atoms with van der Waals surface area (Å²) in [5.41, 5.74) is 0.889. The summed E-state index contributed by atoms with van der Waals surface area (Å²) in [6, 6.07) is 1.76. The second kappa shape index (κ2) is 6.78. The van der Waals surface area contributed by atoms with Crippen molar-refractivity contribution in [2.24, 2.45) is 0 Å². The Kier molecular flexibility index (Phi) is 5.32. The van der Waals surface area contributed by atoms with E-state index in [4.69, 9.17) is 0 Å². The van der Waals surface area contributed by atoms with Crippen LogP contribution in [0.1, 0.15) is 25.5 Å². The lowest BCUT2D eigenvalue weighted by Gasteiger charge is -2.21. The van der Waals surface area contributed by atoms with Crippen LogP contribution in [0.5, 0.6) is 0 Å². The zero-order chi connectivity index (χ0) is 13.7.